The van der Waals surface area contributed by atoms with E-state index in [0.29, 0.717) is 17.1 Å². The average Bonchev–Trinajstić information content (AvgIpc) is 2.35. The molecule has 0 bridgehead atoms. The van der Waals surface area contributed by atoms with E-state index in [-0.39, 0.29) is 22.9 Å². The summed E-state index contributed by atoms with van der Waals surface area (Å²) in [5.74, 6) is 0.0437. The van der Waals surface area contributed by atoms with Crippen molar-refractivity contribution in [3.05, 3.63) is 34.3 Å². The van der Waals surface area contributed by atoms with E-state index in [1.54, 1.807) is 0 Å². The van der Waals surface area contributed by atoms with Gasteiger partial charge in [-0.3, -0.25) is 0 Å². The van der Waals surface area contributed by atoms with Gasteiger partial charge in [-0.25, -0.2) is 0 Å². The smallest absolute Gasteiger partial charge is 0.160 e. The van der Waals surface area contributed by atoms with Crippen LogP contribution < -0.4 is 0 Å². The van der Waals surface area contributed by atoms with Gasteiger partial charge >= 0.3 is 5.51 Å². The molecule has 0 spiro atoms. The highest BCUT2D eigenvalue weighted by molar-refractivity contribution is 9.10. The van der Waals surface area contributed by atoms with Crippen molar-refractivity contribution in [2.24, 2.45) is 0 Å². The minimum Gasteiger partial charge on any atom is -0.160 e. The highest BCUT2D eigenvalue weighted by Gasteiger charge is 2.34. The van der Waals surface area contributed by atoms with Crippen molar-refractivity contribution in [2.45, 2.75) is 17.3 Å². The molecule has 0 aliphatic carbocycles. The molecule has 7 heteroatoms. The Labute approximate surface area is 140 Å². The first-order valence-corrected chi connectivity index (χ1v) is 9.44. The van der Waals surface area contributed by atoms with Crippen LogP contribution in [0.3, 0.4) is 0 Å². The zero-order valence-corrected chi connectivity index (χ0v) is 15.4. The van der Waals surface area contributed by atoms with Gasteiger partial charge in [0.1, 0.15) is 0 Å². The summed E-state index contributed by atoms with van der Waals surface area (Å²) in [5.41, 5.74) is -3.50. The normalized spacial score (nSPS) is 12.7. The minimum atomic E-state index is -4.17. The molecule has 0 N–H and O–H groups in total. The van der Waals surface area contributed by atoms with Gasteiger partial charge < -0.3 is 0 Å². The summed E-state index contributed by atoms with van der Waals surface area (Å²) in [5, 5.41) is 1.21. The highest BCUT2D eigenvalue weighted by atomic mass is 79.9. The predicted octanol–water partition coefficient (Wildman–Crippen LogP) is 6.12. The molecule has 1 aromatic carbocycles. The molecule has 0 fully saturated rings. The molecule has 0 amide bonds. The standard InChI is InChI=1S/C12H12Br3F3S/c13-7-11(8-14,5-6-19-12(16,17)18)9-3-1-2-4-10(9)15/h1-4H,5-8H2. The molecule has 0 heterocycles. The monoisotopic (exact) mass is 482 g/mol. The van der Waals surface area contributed by atoms with E-state index < -0.39 is 5.51 Å². The molecule has 108 valence electrons. The molecule has 0 radical (unpaired) electrons. The third-order valence-corrected chi connectivity index (χ3v) is 6.38. The number of alkyl halides is 5. The Kier molecular flexibility index (Phi) is 7.24. The van der Waals surface area contributed by atoms with Crippen LogP contribution in [-0.2, 0) is 5.41 Å². The molecule has 0 aliphatic heterocycles. The fourth-order valence-electron chi connectivity index (χ4n) is 1.70. The SMILES string of the molecule is FC(F)(F)SCCC(CBr)(CBr)c1ccccc1Br. The van der Waals surface area contributed by atoms with Crippen LogP contribution in [-0.4, -0.2) is 21.9 Å². The van der Waals surface area contributed by atoms with Gasteiger partial charge in [-0.2, -0.15) is 13.2 Å². The average molecular weight is 485 g/mol. The van der Waals surface area contributed by atoms with Crippen LogP contribution in [0.5, 0.6) is 0 Å². The number of hydrogen-bond acceptors (Lipinski definition) is 1. The van der Waals surface area contributed by atoms with Crippen LogP contribution >= 0.6 is 59.6 Å². The molecule has 0 nitrogen and oxygen atoms in total. The summed E-state index contributed by atoms with van der Waals surface area (Å²) in [4.78, 5) is 0. The van der Waals surface area contributed by atoms with Crippen molar-refractivity contribution in [2.75, 3.05) is 16.4 Å². The molecular formula is C12H12Br3F3S. The topological polar surface area (TPSA) is 0 Å². The Morgan fingerprint density at radius 1 is 1.05 bits per heavy atom. The minimum absolute atomic E-state index is 0.0347. The first kappa shape index (κ1) is 17.9. The van der Waals surface area contributed by atoms with E-state index in [1.165, 1.54) is 0 Å². The number of halogens is 6. The van der Waals surface area contributed by atoms with Crippen molar-refractivity contribution in [1.29, 1.82) is 0 Å². The fraction of sp³-hybridized carbons (Fsp3) is 0.500. The van der Waals surface area contributed by atoms with Crippen LogP contribution in [0.4, 0.5) is 13.2 Å². The fourth-order valence-corrected chi connectivity index (χ4v) is 5.22. The lowest BCUT2D eigenvalue weighted by molar-refractivity contribution is -0.0328. The van der Waals surface area contributed by atoms with Crippen LogP contribution in [0, 0.1) is 0 Å². The lowest BCUT2D eigenvalue weighted by atomic mass is 9.82. The Balaban J connectivity index is 2.89. The van der Waals surface area contributed by atoms with Gasteiger partial charge in [-0.05, 0) is 18.1 Å². The molecule has 1 aromatic rings. The van der Waals surface area contributed by atoms with Crippen molar-refractivity contribution in [1.82, 2.24) is 0 Å². The van der Waals surface area contributed by atoms with E-state index in [9.17, 15) is 13.2 Å². The summed E-state index contributed by atoms with van der Waals surface area (Å²) in [7, 11) is 0. The van der Waals surface area contributed by atoms with Gasteiger partial charge in [0.2, 0.25) is 0 Å². The van der Waals surface area contributed by atoms with E-state index in [2.05, 4.69) is 47.8 Å². The number of thioether (sulfide) groups is 1. The molecule has 0 saturated heterocycles. The maximum Gasteiger partial charge on any atom is 0.441 e. The maximum atomic E-state index is 12.3. The van der Waals surface area contributed by atoms with Gasteiger partial charge in [0.05, 0.1) is 0 Å². The van der Waals surface area contributed by atoms with Crippen LogP contribution in [0.25, 0.3) is 0 Å². The maximum absolute atomic E-state index is 12.3. The third kappa shape index (κ3) is 5.25. The van der Waals surface area contributed by atoms with Crippen molar-refractivity contribution in [3.8, 4) is 0 Å². The second-order valence-corrected chi connectivity index (χ2v) is 7.21. The lowest BCUT2D eigenvalue weighted by Gasteiger charge is -2.31. The zero-order valence-electron chi connectivity index (χ0n) is 9.81. The van der Waals surface area contributed by atoms with Gasteiger partial charge in [-0.15, -0.1) is 0 Å². The van der Waals surface area contributed by atoms with Gasteiger partial charge in [0.15, 0.2) is 0 Å². The van der Waals surface area contributed by atoms with E-state index in [0.717, 1.165) is 10.0 Å². The molecular weight excluding hydrogens is 473 g/mol. The van der Waals surface area contributed by atoms with Crippen LogP contribution in [0.2, 0.25) is 0 Å². The molecule has 1 rings (SSSR count). The summed E-state index contributed by atoms with van der Waals surface area (Å²) < 4.78 is 37.7. The van der Waals surface area contributed by atoms with Gasteiger partial charge in [0.25, 0.3) is 0 Å². The van der Waals surface area contributed by atoms with E-state index in [4.69, 9.17) is 0 Å². The molecule has 0 saturated carbocycles. The first-order valence-electron chi connectivity index (χ1n) is 5.42. The van der Waals surface area contributed by atoms with Crippen molar-refractivity contribution in [3.63, 3.8) is 0 Å². The number of hydrogen-bond donors (Lipinski definition) is 0. The Hall–Kier alpha value is 0.800. The number of rotatable bonds is 6. The largest absolute Gasteiger partial charge is 0.441 e. The summed E-state index contributed by atoms with van der Waals surface area (Å²) in [6.07, 6.45) is 0.441. The molecule has 0 unspecified atom stereocenters. The molecule has 19 heavy (non-hydrogen) atoms. The second kappa shape index (κ2) is 7.71. The Bertz CT molecular complexity index is 405. The Morgan fingerprint density at radius 3 is 2.11 bits per heavy atom. The second-order valence-electron chi connectivity index (χ2n) is 4.07. The summed E-state index contributed by atoms with van der Waals surface area (Å²) >= 11 is 10.4. The quantitative estimate of drug-likeness (QED) is 0.438. The molecule has 0 aromatic heterocycles. The lowest BCUT2D eigenvalue weighted by Crippen LogP contribution is -2.31. The Morgan fingerprint density at radius 2 is 1.63 bits per heavy atom. The number of benzene rings is 1. The predicted molar refractivity (Wildman–Crippen MR) is 86.5 cm³/mol. The van der Waals surface area contributed by atoms with Gasteiger partial charge in [0, 0.05) is 26.3 Å². The highest BCUT2D eigenvalue weighted by Crippen LogP contribution is 2.40. The van der Waals surface area contributed by atoms with Gasteiger partial charge in [-0.1, -0.05) is 77.8 Å². The van der Waals surface area contributed by atoms with E-state index in [1.807, 2.05) is 24.3 Å². The van der Waals surface area contributed by atoms with Crippen LogP contribution in [0.15, 0.2) is 28.7 Å². The van der Waals surface area contributed by atoms with E-state index >= 15 is 0 Å². The van der Waals surface area contributed by atoms with Crippen molar-refractivity contribution >= 4 is 59.6 Å². The summed E-state index contributed by atoms with van der Waals surface area (Å²) in [6, 6.07) is 7.65. The van der Waals surface area contributed by atoms with Crippen LogP contribution in [0.1, 0.15) is 12.0 Å². The molecule has 0 aliphatic rings. The molecule has 0 atom stereocenters. The third-order valence-electron chi connectivity index (χ3n) is 2.80. The van der Waals surface area contributed by atoms with Crippen molar-refractivity contribution < 1.29 is 13.2 Å². The summed E-state index contributed by atoms with van der Waals surface area (Å²) in [6.45, 7) is 0. The first-order chi connectivity index (χ1) is 8.84. The zero-order chi connectivity index (χ0) is 14.5.